The minimum Gasteiger partial charge on any atom is -0.244 e. The molecule has 0 N–H and O–H groups in total. The Hall–Kier alpha value is -0.280. The van der Waals surface area contributed by atoms with Gasteiger partial charge in [-0.25, -0.2) is 17.6 Å². The SMILES string of the molecule is CC(C)(C)C.CC(C)C(C(C)C)C(C)(C)F.CC(C)C(C)(C)C.CCC(C)(C)C.CCC(C)(CC)C(C)(C)C.CCC(C)(F)C(C)C.CCC(C)(F)CC.CCC(CC)C(C)(C)C.CCCC(C)(C)C.CCCC(C)(F)CC. The Labute approximate surface area is 499 Å². The monoisotopic (exact) mass is 1130 g/mol. The molecule has 0 aromatic carbocycles. The number of halogens is 4. The van der Waals surface area contributed by atoms with E-state index in [9.17, 15) is 17.6 Å². The number of hydrogen-bond donors (Lipinski definition) is 0. The Morgan fingerprint density at radius 3 is 0.603 bits per heavy atom. The van der Waals surface area contributed by atoms with E-state index in [-0.39, 0.29) is 11.8 Å². The van der Waals surface area contributed by atoms with E-state index < -0.39 is 22.7 Å². The predicted molar refractivity (Wildman–Crippen MR) is 363 cm³/mol. The lowest BCUT2D eigenvalue weighted by Gasteiger charge is -2.40. The second-order valence-corrected chi connectivity index (χ2v) is 33.1. The zero-order valence-electron chi connectivity index (χ0n) is 63.7. The Morgan fingerprint density at radius 1 is 0.321 bits per heavy atom. The van der Waals surface area contributed by atoms with Gasteiger partial charge in [0.05, 0.1) is 0 Å². The highest BCUT2D eigenvalue weighted by molar-refractivity contribution is 4.84. The van der Waals surface area contributed by atoms with Gasteiger partial charge in [0.25, 0.3) is 0 Å². The number of hydrogen-bond acceptors (Lipinski definition) is 0. The van der Waals surface area contributed by atoms with Gasteiger partial charge in [-0.3, -0.25) is 0 Å². The molecule has 488 valence electrons. The van der Waals surface area contributed by atoms with Crippen LogP contribution in [0.3, 0.4) is 0 Å². The first-order chi connectivity index (χ1) is 34.0. The van der Waals surface area contributed by atoms with Gasteiger partial charge >= 0.3 is 0 Å². The Balaban J connectivity index is -0.0000000829. The second-order valence-electron chi connectivity index (χ2n) is 33.1. The van der Waals surface area contributed by atoms with Gasteiger partial charge in [-0.15, -0.1) is 0 Å². The van der Waals surface area contributed by atoms with Crippen LogP contribution in [0.5, 0.6) is 0 Å². The first-order valence-electron chi connectivity index (χ1n) is 32.7. The molecule has 2 unspecified atom stereocenters. The van der Waals surface area contributed by atoms with Crippen molar-refractivity contribution in [3.63, 3.8) is 0 Å². The fourth-order valence-corrected chi connectivity index (χ4v) is 7.29. The van der Waals surface area contributed by atoms with E-state index in [0.29, 0.717) is 81.8 Å². The third kappa shape index (κ3) is 77.8. The van der Waals surface area contributed by atoms with Crippen molar-refractivity contribution in [3.05, 3.63) is 0 Å². The van der Waals surface area contributed by atoms with Gasteiger partial charge in [0.1, 0.15) is 22.7 Å². The van der Waals surface area contributed by atoms with Crippen molar-refractivity contribution in [1.29, 1.82) is 0 Å². The van der Waals surface area contributed by atoms with Crippen molar-refractivity contribution in [2.75, 3.05) is 0 Å². The predicted octanol–water partition coefficient (Wildman–Crippen LogP) is 29.2. The van der Waals surface area contributed by atoms with E-state index in [4.69, 9.17) is 0 Å². The second kappa shape index (κ2) is 47.0. The maximum absolute atomic E-state index is 13.6. The van der Waals surface area contributed by atoms with E-state index in [0.717, 1.165) is 18.3 Å². The first-order valence-corrected chi connectivity index (χ1v) is 32.7. The highest BCUT2D eigenvalue weighted by Gasteiger charge is 2.34. The van der Waals surface area contributed by atoms with Crippen LogP contribution in [0.1, 0.15) is 388 Å². The van der Waals surface area contributed by atoms with E-state index in [1.807, 2.05) is 48.5 Å². The molecule has 0 spiro atoms. The minimum atomic E-state index is -1.04. The summed E-state index contributed by atoms with van der Waals surface area (Å²) in [6.45, 7) is 93.5. The van der Waals surface area contributed by atoms with Gasteiger partial charge in [-0.2, -0.15) is 0 Å². The van der Waals surface area contributed by atoms with E-state index in [1.165, 1.54) is 44.9 Å². The summed E-state index contributed by atoms with van der Waals surface area (Å²) < 4.78 is 51.9. The van der Waals surface area contributed by atoms with E-state index in [2.05, 4.69) is 222 Å². The quantitative estimate of drug-likeness (QED) is 0.143. The first kappa shape index (κ1) is 99.8. The third-order valence-electron chi connectivity index (χ3n) is 16.5. The van der Waals surface area contributed by atoms with E-state index >= 15 is 0 Å². The third-order valence-corrected chi connectivity index (χ3v) is 16.5. The Kier molecular flexibility index (Phi) is 60.1. The smallest absolute Gasteiger partial charge is 0.110 e. The summed E-state index contributed by atoms with van der Waals surface area (Å²) in [4.78, 5) is 0. The molecule has 0 aromatic heterocycles. The molecule has 0 bridgehead atoms. The van der Waals surface area contributed by atoms with Gasteiger partial charge in [0.15, 0.2) is 0 Å². The molecule has 0 aromatic rings. The summed E-state index contributed by atoms with van der Waals surface area (Å²) in [7, 11) is 0. The molecule has 0 aliphatic carbocycles. The molecule has 0 rings (SSSR count). The van der Waals surface area contributed by atoms with Crippen molar-refractivity contribution < 1.29 is 17.6 Å². The van der Waals surface area contributed by atoms with Crippen LogP contribution >= 0.6 is 0 Å². The molecular weight excluding hydrogens is 965 g/mol. The Morgan fingerprint density at radius 2 is 0.590 bits per heavy atom. The maximum atomic E-state index is 13.6. The lowest BCUT2D eigenvalue weighted by Crippen LogP contribution is -2.34. The highest BCUT2D eigenvalue weighted by Crippen LogP contribution is 2.43. The molecule has 0 heterocycles. The molecule has 78 heavy (non-hydrogen) atoms. The summed E-state index contributed by atoms with van der Waals surface area (Å²) in [5, 5.41) is 0. The lowest BCUT2D eigenvalue weighted by molar-refractivity contribution is 0.0561. The van der Waals surface area contributed by atoms with Crippen molar-refractivity contribution >= 4 is 0 Å². The van der Waals surface area contributed by atoms with Crippen molar-refractivity contribution in [3.8, 4) is 0 Å². The van der Waals surface area contributed by atoms with Crippen molar-refractivity contribution in [1.82, 2.24) is 0 Å². The fourth-order valence-electron chi connectivity index (χ4n) is 7.29. The fraction of sp³-hybridized carbons (Fsp3) is 1.00. The average molecular weight is 1130 g/mol. The summed E-state index contributed by atoms with van der Waals surface area (Å²) >= 11 is 0. The molecular formula is C74H164F4. The summed E-state index contributed by atoms with van der Waals surface area (Å²) in [6, 6.07) is 0. The van der Waals surface area contributed by atoms with Crippen LogP contribution in [0, 0.1) is 73.4 Å². The molecule has 2 atom stereocenters. The van der Waals surface area contributed by atoms with Crippen LogP contribution in [0.4, 0.5) is 17.6 Å². The maximum Gasteiger partial charge on any atom is 0.110 e. The molecule has 0 fully saturated rings. The van der Waals surface area contributed by atoms with Gasteiger partial charge < -0.3 is 0 Å². The van der Waals surface area contributed by atoms with Crippen LogP contribution in [0.2, 0.25) is 0 Å². The summed E-state index contributed by atoms with van der Waals surface area (Å²) in [5.41, 5.74) is -0.237. The minimum absolute atomic E-state index is 0.146. The van der Waals surface area contributed by atoms with Gasteiger partial charge in [-0.05, 0) is 147 Å². The molecule has 0 saturated carbocycles. The van der Waals surface area contributed by atoms with Gasteiger partial charge in [-0.1, -0.05) is 315 Å². The molecule has 4 heteroatoms. The van der Waals surface area contributed by atoms with Gasteiger partial charge in [0, 0.05) is 0 Å². The standard InChI is InChI=1S/C10H21F.C10H22.C9H20.2C7H15F.2C7H16.C6H13F.C6H14.C5H12/c1-7(2)9(8(3)4)10(5,6)11;1-7-10(6,8-2)9(3,4)5;1-6-8(7-2)9(3,4)5;1-5-7(4,8)6(2)3;1-4-6-7(3,8)5-2;1-6(2)7(3,4)5;1-5-6-7(2,3)4;1-4-6(3,7)5-2;1-5-6(2,3)4;1-5(2,3)4/h7-9H,1-6H3;7-8H2,1-6H3;8H,6-7H2,1-5H3;6H,5H2,1-4H3;4-6H2,1-3H3;6H,1-5H3;5-6H2,1-4H3;4-5H2,1-3H3;5H2,1-4H3;1-4H3. The average Bonchev–Trinajstić information content (AvgIpc) is 3.22. The van der Waals surface area contributed by atoms with Crippen LogP contribution in [0.15, 0.2) is 0 Å². The van der Waals surface area contributed by atoms with Gasteiger partial charge in [0.2, 0.25) is 0 Å². The topological polar surface area (TPSA) is 0 Å². The number of alkyl halides is 4. The van der Waals surface area contributed by atoms with Crippen LogP contribution in [-0.2, 0) is 0 Å². The molecule has 0 amide bonds. The van der Waals surface area contributed by atoms with E-state index in [1.54, 1.807) is 34.6 Å². The lowest BCUT2D eigenvalue weighted by atomic mass is 9.65. The normalized spacial score (nSPS) is 13.9. The molecule has 0 aliphatic rings. The van der Waals surface area contributed by atoms with Crippen LogP contribution < -0.4 is 0 Å². The molecule has 0 radical (unpaired) electrons. The largest absolute Gasteiger partial charge is 0.244 e. The highest BCUT2D eigenvalue weighted by atomic mass is 19.2. The summed E-state index contributed by atoms with van der Waals surface area (Å²) in [5.74, 6) is 2.87. The van der Waals surface area contributed by atoms with Crippen LogP contribution in [0.25, 0.3) is 0 Å². The summed E-state index contributed by atoms with van der Waals surface area (Å²) in [6.07, 6.45) is 13.3. The Bertz CT molecular complexity index is 1180. The molecule has 0 nitrogen and oxygen atoms in total. The van der Waals surface area contributed by atoms with Crippen LogP contribution in [-0.4, -0.2) is 22.7 Å². The van der Waals surface area contributed by atoms with Crippen molar-refractivity contribution in [2.24, 2.45) is 73.4 Å². The van der Waals surface area contributed by atoms with Crippen molar-refractivity contribution in [2.45, 2.75) is 411 Å². The molecule has 0 saturated heterocycles. The number of rotatable bonds is 15. The zero-order chi connectivity index (χ0) is 66.2. The molecule has 0 aliphatic heterocycles. The zero-order valence-corrected chi connectivity index (χ0v) is 63.7.